The first kappa shape index (κ1) is 15.0. The van der Waals surface area contributed by atoms with Crippen molar-refractivity contribution in [2.24, 2.45) is 0 Å². The van der Waals surface area contributed by atoms with Crippen molar-refractivity contribution in [1.29, 1.82) is 0 Å². The first-order valence-electron chi connectivity index (χ1n) is 7.29. The van der Waals surface area contributed by atoms with Gasteiger partial charge >= 0.3 is 5.97 Å². The van der Waals surface area contributed by atoms with E-state index in [1.165, 1.54) is 18.2 Å². The molecule has 0 saturated heterocycles. The van der Waals surface area contributed by atoms with Gasteiger partial charge in [-0.05, 0) is 40.1 Å². The number of carbonyl (C=O) groups is 1. The van der Waals surface area contributed by atoms with E-state index in [4.69, 9.17) is 4.74 Å². The van der Waals surface area contributed by atoms with Crippen molar-refractivity contribution in [2.75, 3.05) is 0 Å². The lowest BCUT2D eigenvalue weighted by molar-refractivity contribution is -0.138. The van der Waals surface area contributed by atoms with Crippen molar-refractivity contribution in [1.82, 2.24) is 0 Å². The third-order valence-electron chi connectivity index (χ3n) is 3.53. The third kappa shape index (κ3) is 3.83. The number of esters is 1. The molecule has 0 amide bonds. The molecule has 0 spiro atoms. The van der Waals surface area contributed by atoms with Crippen molar-refractivity contribution in [3.8, 4) is 0 Å². The Morgan fingerprint density at radius 3 is 2.52 bits per heavy atom. The predicted molar refractivity (Wildman–Crippen MR) is 89.2 cm³/mol. The predicted octanol–water partition coefficient (Wildman–Crippen LogP) is 4.74. The van der Waals surface area contributed by atoms with Crippen LogP contribution in [0.1, 0.15) is 11.1 Å². The molecule has 3 aromatic carbocycles. The van der Waals surface area contributed by atoms with E-state index >= 15 is 0 Å². The van der Waals surface area contributed by atoms with Gasteiger partial charge in [0, 0.05) is 6.08 Å². The average Bonchev–Trinajstić information content (AvgIpc) is 2.59. The van der Waals surface area contributed by atoms with E-state index in [2.05, 4.69) is 0 Å². The van der Waals surface area contributed by atoms with Gasteiger partial charge in [0.15, 0.2) is 0 Å². The molecule has 0 saturated carbocycles. The maximum atomic E-state index is 12.8. The van der Waals surface area contributed by atoms with Crippen LogP contribution < -0.4 is 0 Å². The quantitative estimate of drug-likeness (QED) is 0.514. The number of rotatable bonds is 4. The Balaban J connectivity index is 1.65. The molecule has 0 bridgehead atoms. The molecule has 0 aliphatic rings. The van der Waals surface area contributed by atoms with Crippen molar-refractivity contribution < 1.29 is 13.9 Å². The van der Waals surface area contributed by atoms with Crippen LogP contribution in [0.25, 0.3) is 16.8 Å². The Hall–Kier alpha value is -2.94. The van der Waals surface area contributed by atoms with E-state index in [0.29, 0.717) is 0 Å². The Labute approximate surface area is 133 Å². The molecule has 0 N–H and O–H groups in total. The largest absolute Gasteiger partial charge is 0.458 e. The van der Waals surface area contributed by atoms with E-state index in [9.17, 15) is 9.18 Å². The number of ether oxygens (including phenoxy) is 1. The fourth-order valence-corrected chi connectivity index (χ4v) is 2.35. The van der Waals surface area contributed by atoms with Crippen LogP contribution >= 0.6 is 0 Å². The highest BCUT2D eigenvalue weighted by atomic mass is 19.1. The molecule has 0 aromatic heterocycles. The summed E-state index contributed by atoms with van der Waals surface area (Å²) in [6.45, 7) is 0.216. The van der Waals surface area contributed by atoms with Gasteiger partial charge < -0.3 is 4.74 Å². The van der Waals surface area contributed by atoms with E-state index in [1.54, 1.807) is 18.2 Å². The minimum Gasteiger partial charge on any atom is -0.458 e. The number of carbonyl (C=O) groups excluding carboxylic acids is 1. The maximum Gasteiger partial charge on any atom is 0.331 e. The van der Waals surface area contributed by atoms with Gasteiger partial charge in [-0.1, -0.05) is 54.6 Å². The van der Waals surface area contributed by atoms with Crippen molar-refractivity contribution >= 4 is 22.8 Å². The van der Waals surface area contributed by atoms with Crippen LogP contribution in [-0.4, -0.2) is 5.97 Å². The van der Waals surface area contributed by atoms with Gasteiger partial charge in [-0.2, -0.15) is 0 Å². The summed E-state index contributed by atoms with van der Waals surface area (Å²) >= 11 is 0. The smallest absolute Gasteiger partial charge is 0.331 e. The van der Waals surface area contributed by atoms with Crippen LogP contribution in [0.5, 0.6) is 0 Å². The summed E-state index contributed by atoms with van der Waals surface area (Å²) < 4.78 is 18.1. The summed E-state index contributed by atoms with van der Waals surface area (Å²) in [7, 11) is 0. The van der Waals surface area contributed by atoms with Gasteiger partial charge in [0.2, 0.25) is 0 Å². The van der Waals surface area contributed by atoms with E-state index in [0.717, 1.165) is 21.9 Å². The summed E-state index contributed by atoms with van der Waals surface area (Å²) in [6.07, 6.45) is 2.95. The second-order valence-corrected chi connectivity index (χ2v) is 5.13. The van der Waals surface area contributed by atoms with Crippen LogP contribution in [-0.2, 0) is 16.1 Å². The normalized spacial score (nSPS) is 11.0. The zero-order valence-electron chi connectivity index (χ0n) is 12.4. The monoisotopic (exact) mass is 306 g/mol. The second-order valence-electron chi connectivity index (χ2n) is 5.13. The van der Waals surface area contributed by atoms with Crippen LogP contribution in [0.4, 0.5) is 4.39 Å². The Morgan fingerprint density at radius 1 is 0.957 bits per heavy atom. The van der Waals surface area contributed by atoms with E-state index < -0.39 is 5.97 Å². The SMILES string of the molecule is O=C(C=Cc1ccc(F)cc1)OCc1cccc2ccccc12. The van der Waals surface area contributed by atoms with Crippen LogP contribution in [0.2, 0.25) is 0 Å². The molecule has 23 heavy (non-hydrogen) atoms. The maximum absolute atomic E-state index is 12.8. The molecule has 0 unspecified atom stereocenters. The standard InChI is InChI=1S/C20H15FO2/c21-18-11-8-15(9-12-18)10-13-20(22)23-14-17-6-3-5-16-4-1-2-7-19(16)17/h1-13H,14H2. The molecular weight excluding hydrogens is 291 g/mol. The highest BCUT2D eigenvalue weighted by Crippen LogP contribution is 2.19. The molecule has 0 fully saturated rings. The van der Waals surface area contributed by atoms with Gasteiger partial charge in [0.25, 0.3) is 0 Å². The lowest BCUT2D eigenvalue weighted by Gasteiger charge is -2.06. The zero-order chi connectivity index (χ0) is 16.1. The third-order valence-corrected chi connectivity index (χ3v) is 3.53. The molecule has 0 aliphatic carbocycles. The van der Waals surface area contributed by atoms with Gasteiger partial charge in [-0.3, -0.25) is 0 Å². The summed E-state index contributed by atoms with van der Waals surface area (Å²) in [5.74, 6) is -0.733. The van der Waals surface area contributed by atoms with Gasteiger partial charge in [0.1, 0.15) is 12.4 Å². The Kier molecular flexibility index (Phi) is 4.48. The first-order chi connectivity index (χ1) is 11.2. The highest BCUT2D eigenvalue weighted by molar-refractivity contribution is 5.88. The minimum absolute atomic E-state index is 0.216. The lowest BCUT2D eigenvalue weighted by Crippen LogP contribution is -2.01. The summed E-state index contributed by atoms with van der Waals surface area (Å²) in [6, 6.07) is 19.8. The van der Waals surface area contributed by atoms with Crippen LogP contribution in [0.3, 0.4) is 0 Å². The second kappa shape index (κ2) is 6.88. The van der Waals surface area contributed by atoms with E-state index in [-0.39, 0.29) is 12.4 Å². The molecule has 0 atom stereocenters. The Bertz CT molecular complexity index is 846. The number of benzene rings is 3. The fraction of sp³-hybridized carbons (Fsp3) is 0.0500. The molecule has 3 aromatic rings. The molecule has 0 radical (unpaired) electrons. The fourth-order valence-electron chi connectivity index (χ4n) is 2.35. The molecule has 0 heterocycles. The van der Waals surface area contributed by atoms with Crippen molar-refractivity contribution in [2.45, 2.75) is 6.61 Å². The van der Waals surface area contributed by atoms with Crippen molar-refractivity contribution in [3.05, 3.63) is 89.8 Å². The first-order valence-corrected chi connectivity index (χ1v) is 7.29. The molecule has 3 heteroatoms. The molecule has 114 valence electrons. The number of fused-ring (bicyclic) bond motifs is 1. The number of hydrogen-bond acceptors (Lipinski definition) is 2. The van der Waals surface area contributed by atoms with Crippen molar-refractivity contribution in [3.63, 3.8) is 0 Å². The van der Waals surface area contributed by atoms with Gasteiger partial charge in [-0.15, -0.1) is 0 Å². The Morgan fingerprint density at radius 2 is 1.70 bits per heavy atom. The van der Waals surface area contributed by atoms with E-state index in [1.807, 2.05) is 42.5 Å². The van der Waals surface area contributed by atoms with Crippen LogP contribution in [0.15, 0.2) is 72.8 Å². The molecular formula is C20H15FO2. The lowest BCUT2D eigenvalue weighted by atomic mass is 10.1. The minimum atomic E-state index is -0.428. The average molecular weight is 306 g/mol. The molecule has 0 aliphatic heterocycles. The number of halogens is 1. The highest BCUT2D eigenvalue weighted by Gasteiger charge is 2.03. The molecule has 2 nitrogen and oxygen atoms in total. The zero-order valence-corrected chi connectivity index (χ0v) is 12.4. The summed E-state index contributed by atoms with van der Waals surface area (Å²) in [5, 5.41) is 2.19. The van der Waals surface area contributed by atoms with Gasteiger partial charge in [-0.25, -0.2) is 9.18 Å². The summed E-state index contributed by atoms with van der Waals surface area (Å²) in [5.41, 5.74) is 1.71. The topological polar surface area (TPSA) is 26.3 Å². The van der Waals surface area contributed by atoms with Crippen LogP contribution in [0, 0.1) is 5.82 Å². The summed E-state index contributed by atoms with van der Waals surface area (Å²) in [4.78, 5) is 11.8. The van der Waals surface area contributed by atoms with Gasteiger partial charge in [0.05, 0.1) is 0 Å². The molecule has 3 rings (SSSR count). The number of hydrogen-bond donors (Lipinski definition) is 0.